The van der Waals surface area contributed by atoms with Gasteiger partial charge in [-0.2, -0.15) is 0 Å². The van der Waals surface area contributed by atoms with Crippen LogP contribution < -0.4 is 5.32 Å². The van der Waals surface area contributed by atoms with E-state index in [0.717, 1.165) is 32.1 Å². The van der Waals surface area contributed by atoms with Gasteiger partial charge in [-0.05, 0) is 38.5 Å². The Kier molecular flexibility index (Phi) is 35.9. The fourth-order valence-electron chi connectivity index (χ4n) is 6.18. The van der Waals surface area contributed by atoms with Crippen molar-refractivity contribution in [1.82, 2.24) is 5.32 Å². The van der Waals surface area contributed by atoms with Crippen molar-refractivity contribution in [2.45, 2.75) is 231 Å². The molecule has 3 N–H and O–H groups in total. The quantitative estimate of drug-likeness (QED) is 0.0481. The van der Waals surface area contributed by atoms with Crippen LogP contribution in [0.2, 0.25) is 0 Å². The minimum absolute atomic E-state index is 0.0405. The number of unbranched alkanes of at least 4 members (excludes halogenated alkanes) is 27. The average Bonchev–Trinajstić information content (AvgIpc) is 3.02. The first kappa shape index (κ1) is 43.1. The number of hydrogen-bond acceptors (Lipinski definition) is 3. The van der Waals surface area contributed by atoms with Crippen molar-refractivity contribution in [2.24, 2.45) is 0 Å². The van der Waals surface area contributed by atoms with E-state index in [1.165, 1.54) is 161 Å². The Morgan fingerprint density at radius 1 is 0.523 bits per heavy atom. The third-order valence-electron chi connectivity index (χ3n) is 9.28. The second-order valence-corrected chi connectivity index (χ2v) is 13.7. The van der Waals surface area contributed by atoms with Gasteiger partial charge in [-0.15, -0.1) is 0 Å². The number of carbonyl (C=O) groups excluding carboxylic acids is 1. The molecular weight excluding hydrogens is 542 g/mol. The van der Waals surface area contributed by atoms with Crippen molar-refractivity contribution in [3.05, 3.63) is 12.2 Å². The van der Waals surface area contributed by atoms with Crippen LogP contribution in [0.3, 0.4) is 0 Å². The standard InChI is InChI=1S/C40H79NO3/c1-3-5-7-8-9-10-11-12-13-14-15-16-17-18-19-20-21-22-23-24-25-26-27-28-29-30-31-32-34-36-40(44)41-38(37-42)39(43)35-33-6-4-2/h14-15,38-39,42-43H,3-13,16-37H2,1-2H3,(H,41,44)/b15-14-. The van der Waals surface area contributed by atoms with Gasteiger partial charge < -0.3 is 15.5 Å². The molecular formula is C40H79NO3. The summed E-state index contributed by atoms with van der Waals surface area (Å²) in [5.74, 6) is -0.0405. The van der Waals surface area contributed by atoms with Gasteiger partial charge in [-0.1, -0.05) is 187 Å². The van der Waals surface area contributed by atoms with E-state index in [0.29, 0.717) is 12.8 Å². The zero-order valence-corrected chi connectivity index (χ0v) is 29.9. The molecule has 0 bridgehead atoms. The maximum atomic E-state index is 12.2. The Balaban J connectivity index is 3.30. The molecule has 0 radical (unpaired) electrons. The number of rotatable bonds is 36. The zero-order valence-electron chi connectivity index (χ0n) is 29.9. The summed E-state index contributed by atoms with van der Waals surface area (Å²) < 4.78 is 0. The number of hydrogen-bond donors (Lipinski definition) is 3. The molecule has 2 atom stereocenters. The van der Waals surface area contributed by atoms with Crippen molar-refractivity contribution < 1.29 is 15.0 Å². The van der Waals surface area contributed by atoms with Gasteiger partial charge >= 0.3 is 0 Å². The van der Waals surface area contributed by atoms with E-state index in [1.807, 2.05) is 0 Å². The van der Waals surface area contributed by atoms with Crippen LogP contribution >= 0.6 is 0 Å². The normalized spacial score (nSPS) is 13.1. The van der Waals surface area contributed by atoms with Gasteiger partial charge in [0.15, 0.2) is 0 Å². The molecule has 0 aliphatic rings. The molecule has 0 heterocycles. The van der Waals surface area contributed by atoms with Crippen LogP contribution in [0.1, 0.15) is 219 Å². The van der Waals surface area contributed by atoms with E-state index >= 15 is 0 Å². The summed E-state index contributed by atoms with van der Waals surface area (Å²) in [5, 5.41) is 22.5. The SMILES string of the molecule is CCCCCCCCCC/C=C\CCCCCCCCCCCCCCCCCCCC(=O)NC(CO)C(O)CCCCC. The Bertz CT molecular complexity index is 593. The summed E-state index contributed by atoms with van der Waals surface area (Å²) in [6.07, 6.45) is 45.0. The van der Waals surface area contributed by atoms with E-state index in [4.69, 9.17) is 0 Å². The fourth-order valence-corrected chi connectivity index (χ4v) is 6.18. The van der Waals surface area contributed by atoms with E-state index in [2.05, 4.69) is 31.3 Å². The number of amides is 1. The summed E-state index contributed by atoms with van der Waals surface area (Å²) in [4.78, 5) is 12.2. The van der Waals surface area contributed by atoms with Crippen LogP contribution in [0.5, 0.6) is 0 Å². The molecule has 0 saturated heterocycles. The lowest BCUT2D eigenvalue weighted by atomic mass is 10.0. The van der Waals surface area contributed by atoms with Gasteiger partial charge in [0.1, 0.15) is 0 Å². The topological polar surface area (TPSA) is 69.6 Å². The number of aliphatic hydroxyl groups is 2. The third kappa shape index (κ3) is 32.5. The van der Waals surface area contributed by atoms with Crippen molar-refractivity contribution in [2.75, 3.05) is 6.61 Å². The molecule has 4 nitrogen and oxygen atoms in total. The van der Waals surface area contributed by atoms with Crippen LogP contribution in [0.15, 0.2) is 12.2 Å². The zero-order chi connectivity index (χ0) is 32.2. The maximum absolute atomic E-state index is 12.2. The van der Waals surface area contributed by atoms with Crippen molar-refractivity contribution in [3.63, 3.8) is 0 Å². The minimum atomic E-state index is -0.651. The Morgan fingerprint density at radius 3 is 1.25 bits per heavy atom. The second kappa shape index (κ2) is 36.6. The molecule has 0 fully saturated rings. The van der Waals surface area contributed by atoms with Gasteiger partial charge in [-0.3, -0.25) is 4.79 Å². The Labute approximate surface area is 276 Å². The van der Waals surface area contributed by atoms with E-state index in [1.54, 1.807) is 0 Å². The van der Waals surface area contributed by atoms with E-state index in [-0.39, 0.29) is 12.5 Å². The number of aliphatic hydroxyl groups excluding tert-OH is 2. The molecule has 1 amide bonds. The monoisotopic (exact) mass is 622 g/mol. The predicted molar refractivity (Wildman–Crippen MR) is 193 cm³/mol. The first-order valence-corrected chi connectivity index (χ1v) is 19.9. The molecule has 4 heteroatoms. The van der Waals surface area contributed by atoms with Crippen molar-refractivity contribution >= 4 is 5.91 Å². The molecule has 0 aliphatic heterocycles. The molecule has 2 unspecified atom stereocenters. The van der Waals surface area contributed by atoms with Gasteiger partial charge in [-0.25, -0.2) is 0 Å². The minimum Gasteiger partial charge on any atom is -0.394 e. The fraction of sp³-hybridized carbons (Fsp3) is 0.925. The number of nitrogens with one attached hydrogen (secondary N) is 1. The molecule has 0 aromatic rings. The lowest BCUT2D eigenvalue weighted by Gasteiger charge is -2.22. The third-order valence-corrected chi connectivity index (χ3v) is 9.28. The van der Waals surface area contributed by atoms with Crippen LogP contribution in [0.25, 0.3) is 0 Å². The average molecular weight is 622 g/mol. The Hall–Kier alpha value is -0.870. The van der Waals surface area contributed by atoms with E-state index in [9.17, 15) is 15.0 Å². The van der Waals surface area contributed by atoms with Crippen molar-refractivity contribution in [1.29, 1.82) is 0 Å². The van der Waals surface area contributed by atoms with Crippen molar-refractivity contribution in [3.8, 4) is 0 Å². The van der Waals surface area contributed by atoms with Crippen LogP contribution in [0, 0.1) is 0 Å². The molecule has 0 saturated carbocycles. The van der Waals surface area contributed by atoms with Gasteiger partial charge in [0, 0.05) is 6.42 Å². The van der Waals surface area contributed by atoms with Gasteiger partial charge in [0.05, 0.1) is 18.8 Å². The summed E-state index contributed by atoms with van der Waals surface area (Å²) in [6.45, 7) is 4.22. The molecule has 0 aliphatic carbocycles. The van der Waals surface area contributed by atoms with E-state index < -0.39 is 12.1 Å². The molecule has 44 heavy (non-hydrogen) atoms. The predicted octanol–water partition coefficient (Wildman–Crippen LogP) is 11.9. The lowest BCUT2D eigenvalue weighted by molar-refractivity contribution is -0.123. The summed E-state index contributed by atoms with van der Waals surface area (Å²) in [7, 11) is 0. The summed E-state index contributed by atoms with van der Waals surface area (Å²) in [6, 6.07) is -0.527. The highest BCUT2D eigenvalue weighted by Crippen LogP contribution is 2.15. The maximum Gasteiger partial charge on any atom is 0.220 e. The smallest absolute Gasteiger partial charge is 0.220 e. The molecule has 0 aromatic heterocycles. The number of allylic oxidation sites excluding steroid dienone is 2. The largest absolute Gasteiger partial charge is 0.394 e. The molecule has 262 valence electrons. The van der Waals surface area contributed by atoms with Crippen LogP contribution in [0.4, 0.5) is 0 Å². The first-order valence-electron chi connectivity index (χ1n) is 19.9. The number of carbonyl (C=O) groups is 1. The van der Waals surface area contributed by atoms with Gasteiger partial charge in [0.2, 0.25) is 5.91 Å². The Morgan fingerprint density at radius 2 is 0.864 bits per heavy atom. The first-order chi connectivity index (χ1) is 21.7. The molecule has 0 aromatic carbocycles. The highest BCUT2D eigenvalue weighted by molar-refractivity contribution is 5.76. The highest BCUT2D eigenvalue weighted by Gasteiger charge is 2.19. The summed E-state index contributed by atoms with van der Waals surface area (Å²) in [5.41, 5.74) is 0. The molecule has 0 spiro atoms. The lowest BCUT2D eigenvalue weighted by Crippen LogP contribution is -2.45. The highest BCUT2D eigenvalue weighted by atomic mass is 16.3. The molecule has 0 rings (SSSR count). The van der Waals surface area contributed by atoms with Crippen LogP contribution in [-0.4, -0.2) is 34.9 Å². The van der Waals surface area contributed by atoms with Crippen LogP contribution in [-0.2, 0) is 4.79 Å². The second-order valence-electron chi connectivity index (χ2n) is 13.7. The van der Waals surface area contributed by atoms with Gasteiger partial charge in [0.25, 0.3) is 0 Å². The summed E-state index contributed by atoms with van der Waals surface area (Å²) >= 11 is 0.